The van der Waals surface area contributed by atoms with Crippen LogP contribution in [0.1, 0.15) is 20.3 Å². The summed E-state index contributed by atoms with van der Waals surface area (Å²) in [5, 5.41) is 0. The van der Waals surface area contributed by atoms with Crippen molar-refractivity contribution < 1.29 is 14.3 Å². The summed E-state index contributed by atoms with van der Waals surface area (Å²) in [5.74, 6) is 1.30. The molecular weight excluding hydrogens is 308 g/mol. The molecule has 0 aromatic heterocycles. The van der Waals surface area contributed by atoms with Crippen molar-refractivity contribution in [3.63, 3.8) is 0 Å². The summed E-state index contributed by atoms with van der Waals surface area (Å²) in [7, 11) is 1.54. The lowest BCUT2D eigenvalue weighted by Crippen LogP contribution is -2.56. The molecule has 2 saturated heterocycles. The van der Waals surface area contributed by atoms with Gasteiger partial charge < -0.3 is 20.3 Å². The minimum Gasteiger partial charge on any atom is -0.383 e. The summed E-state index contributed by atoms with van der Waals surface area (Å²) in [5.41, 5.74) is 5.81. The average molecular weight is 340 g/mol. The van der Waals surface area contributed by atoms with Crippen LogP contribution < -0.4 is 5.73 Å². The highest BCUT2D eigenvalue weighted by Gasteiger charge is 2.29. The van der Waals surface area contributed by atoms with Gasteiger partial charge in [-0.15, -0.1) is 0 Å². The summed E-state index contributed by atoms with van der Waals surface area (Å²) in [6, 6.07) is -0.598. The number of methoxy groups -OCH3 is 1. The van der Waals surface area contributed by atoms with Crippen LogP contribution in [0.15, 0.2) is 0 Å². The number of piperazine rings is 1. The van der Waals surface area contributed by atoms with E-state index in [4.69, 9.17) is 10.5 Å². The zero-order valence-corrected chi connectivity index (χ0v) is 15.2. The van der Waals surface area contributed by atoms with Gasteiger partial charge in [-0.3, -0.25) is 14.5 Å². The van der Waals surface area contributed by atoms with Crippen molar-refractivity contribution in [3.05, 3.63) is 0 Å². The highest BCUT2D eigenvalue weighted by molar-refractivity contribution is 5.82. The number of piperidine rings is 1. The van der Waals surface area contributed by atoms with Crippen LogP contribution in [0.2, 0.25) is 0 Å². The maximum Gasteiger partial charge on any atom is 0.241 e. The molecular formula is C17H32N4O3. The van der Waals surface area contributed by atoms with E-state index in [9.17, 15) is 9.59 Å². The first-order valence-corrected chi connectivity index (χ1v) is 8.94. The normalized spacial score (nSPS) is 27.2. The van der Waals surface area contributed by atoms with E-state index >= 15 is 0 Å². The molecule has 0 bridgehead atoms. The first kappa shape index (κ1) is 19.1. The molecule has 2 rings (SSSR count). The van der Waals surface area contributed by atoms with Crippen LogP contribution in [0.3, 0.4) is 0 Å². The van der Waals surface area contributed by atoms with Crippen LogP contribution in [-0.2, 0) is 14.3 Å². The molecule has 2 aliphatic heterocycles. The van der Waals surface area contributed by atoms with Gasteiger partial charge in [-0.05, 0) is 18.3 Å². The molecule has 2 heterocycles. The first-order valence-electron chi connectivity index (χ1n) is 8.94. The number of carbonyl (C=O) groups is 2. The van der Waals surface area contributed by atoms with Gasteiger partial charge >= 0.3 is 0 Å². The van der Waals surface area contributed by atoms with E-state index in [1.54, 1.807) is 12.0 Å². The van der Waals surface area contributed by atoms with Crippen molar-refractivity contribution in [1.82, 2.24) is 14.7 Å². The number of nitrogens with zero attached hydrogens (tertiary/aromatic N) is 3. The quantitative estimate of drug-likeness (QED) is 0.737. The van der Waals surface area contributed by atoms with Gasteiger partial charge in [-0.25, -0.2) is 0 Å². The maximum absolute atomic E-state index is 12.5. The molecule has 3 atom stereocenters. The molecule has 0 radical (unpaired) electrons. The summed E-state index contributed by atoms with van der Waals surface area (Å²) < 4.78 is 4.94. The molecule has 0 spiro atoms. The van der Waals surface area contributed by atoms with Crippen LogP contribution in [0.4, 0.5) is 0 Å². The summed E-state index contributed by atoms with van der Waals surface area (Å²) in [6.07, 6.45) is 1.20. The predicted octanol–water partition coefficient (Wildman–Crippen LogP) is -0.391. The second-order valence-electron chi connectivity index (χ2n) is 7.41. The van der Waals surface area contributed by atoms with E-state index < -0.39 is 6.04 Å². The second-order valence-corrected chi connectivity index (χ2v) is 7.41. The third-order valence-electron chi connectivity index (χ3n) is 4.93. The van der Waals surface area contributed by atoms with Gasteiger partial charge in [0.25, 0.3) is 0 Å². The number of rotatable bonds is 5. The fraction of sp³-hybridized carbons (Fsp3) is 0.882. The maximum atomic E-state index is 12.5. The highest BCUT2D eigenvalue weighted by atomic mass is 16.5. The SMILES string of the molecule is COCC(N)C(=O)N1CCN(CC(=O)N2CC(C)CC(C)C2)CC1. The lowest BCUT2D eigenvalue weighted by molar-refractivity contribution is -0.137. The third-order valence-corrected chi connectivity index (χ3v) is 4.93. The highest BCUT2D eigenvalue weighted by Crippen LogP contribution is 2.21. The van der Waals surface area contributed by atoms with Crippen molar-refractivity contribution in [2.24, 2.45) is 17.6 Å². The summed E-state index contributed by atoms with van der Waals surface area (Å²) >= 11 is 0. The molecule has 7 heteroatoms. The molecule has 2 amide bonds. The van der Waals surface area contributed by atoms with E-state index in [0.29, 0.717) is 31.5 Å². The number of likely N-dealkylation sites (tertiary alicyclic amines) is 1. The van der Waals surface area contributed by atoms with Gasteiger partial charge in [0.15, 0.2) is 0 Å². The standard InChI is InChI=1S/C17H32N4O3/c1-13-8-14(2)10-21(9-13)16(22)11-19-4-6-20(7-5-19)17(23)15(18)12-24-3/h13-15H,4-12,18H2,1-3H3. The first-order chi connectivity index (χ1) is 11.4. The zero-order chi connectivity index (χ0) is 17.7. The molecule has 0 saturated carbocycles. The average Bonchev–Trinajstić information content (AvgIpc) is 2.54. The van der Waals surface area contributed by atoms with Gasteiger partial charge in [0.2, 0.25) is 11.8 Å². The lowest BCUT2D eigenvalue weighted by atomic mass is 9.92. The lowest BCUT2D eigenvalue weighted by Gasteiger charge is -2.38. The van der Waals surface area contributed by atoms with E-state index in [1.165, 1.54) is 6.42 Å². The molecule has 138 valence electrons. The monoisotopic (exact) mass is 340 g/mol. The largest absolute Gasteiger partial charge is 0.383 e. The number of amides is 2. The number of hydrogen-bond acceptors (Lipinski definition) is 5. The fourth-order valence-corrected chi connectivity index (χ4v) is 3.77. The molecule has 3 unspecified atom stereocenters. The van der Waals surface area contributed by atoms with Crippen LogP contribution in [0, 0.1) is 11.8 Å². The Morgan fingerprint density at radius 1 is 1.08 bits per heavy atom. The Bertz CT molecular complexity index is 428. The zero-order valence-electron chi connectivity index (χ0n) is 15.2. The van der Waals surface area contributed by atoms with Gasteiger partial charge in [0, 0.05) is 46.4 Å². The molecule has 0 aromatic carbocycles. The fourth-order valence-electron chi connectivity index (χ4n) is 3.77. The third kappa shape index (κ3) is 5.16. The summed E-state index contributed by atoms with van der Waals surface area (Å²) in [4.78, 5) is 30.6. The number of carbonyl (C=O) groups excluding carboxylic acids is 2. The Hall–Kier alpha value is -1.18. The van der Waals surface area contributed by atoms with Crippen LogP contribution in [0.5, 0.6) is 0 Å². The molecule has 7 nitrogen and oxygen atoms in total. The Morgan fingerprint density at radius 3 is 2.21 bits per heavy atom. The molecule has 2 N–H and O–H groups in total. The second kappa shape index (κ2) is 8.78. The van der Waals surface area contributed by atoms with Gasteiger partial charge in [-0.2, -0.15) is 0 Å². The van der Waals surface area contributed by atoms with Crippen molar-refractivity contribution in [1.29, 1.82) is 0 Å². The van der Waals surface area contributed by atoms with Gasteiger partial charge in [-0.1, -0.05) is 13.8 Å². The van der Waals surface area contributed by atoms with Crippen molar-refractivity contribution >= 4 is 11.8 Å². The van der Waals surface area contributed by atoms with Crippen molar-refractivity contribution in [3.8, 4) is 0 Å². The number of ether oxygens (including phenoxy) is 1. The minimum absolute atomic E-state index is 0.0680. The van der Waals surface area contributed by atoms with E-state index in [0.717, 1.165) is 26.2 Å². The Balaban J connectivity index is 1.76. The number of hydrogen-bond donors (Lipinski definition) is 1. The molecule has 24 heavy (non-hydrogen) atoms. The van der Waals surface area contributed by atoms with Gasteiger partial charge in [0.05, 0.1) is 13.2 Å². The Kier molecular flexibility index (Phi) is 7.01. The van der Waals surface area contributed by atoms with Crippen LogP contribution >= 0.6 is 0 Å². The van der Waals surface area contributed by atoms with Crippen molar-refractivity contribution in [2.45, 2.75) is 26.3 Å². The molecule has 0 aliphatic carbocycles. The number of nitrogens with two attached hydrogens (primary N) is 1. The Labute approximate surface area is 145 Å². The van der Waals surface area contributed by atoms with E-state index in [2.05, 4.69) is 18.7 Å². The summed E-state index contributed by atoms with van der Waals surface area (Å²) in [6.45, 7) is 9.53. The molecule has 0 aromatic rings. The smallest absolute Gasteiger partial charge is 0.241 e. The van der Waals surface area contributed by atoms with Crippen molar-refractivity contribution in [2.75, 3.05) is 59.5 Å². The van der Waals surface area contributed by atoms with Gasteiger partial charge in [0.1, 0.15) is 6.04 Å². The Morgan fingerprint density at radius 2 is 1.67 bits per heavy atom. The van der Waals surface area contributed by atoms with Crippen LogP contribution in [0.25, 0.3) is 0 Å². The van der Waals surface area contributed by atoms with Crippen LogP contribution in [-0.4, -0.2) is 92.1 Å². The minimum atomic E-state index is -0.598. The van der Waals surface area contributed by atoms with E-state index in [1.807, 2.05) is 4.90 Å². The predicted molar refractivity (Wildman–Crippen MR) is 92.4 cm³/mol. The topological polar surface area (TPSA) is 79.1 Å². The molecule has 2 fully saturated rings. The molecule has 2 aliphatic rings. The van der Waals surface area contributed by atoms with E-state index in [-0.39, 0.29) is 18.4 Å².